The summed E-state index contributed by atoms with van der Waals surface area (Å²) in [5.41, 5.74) is 4.02. The largest absolute Gasteiger partial charge is 0.269 e. The average Bonchev–Trinajstić information content (AvgIpc) is 2.47. The van der Waals surface area contributed by atoms with Gasteiger partial charge in [-0.15, -0.1) is 35.7 Å². The molecule has 1 aliphatic heterocycles. The first-order chi connectivity index (χ1) is 8.88. The van der Waals surface area contributed by atoms with Crippen LogP contribution in [0.4, 0.5) is 0 Å². The number of halogens is 1. The minimum absolute atomic E-state index is 0. The smallest absolute Gasteiger partial charge is 0.0984 e. The van der Waals surface area contributed by atoms with Crippen LogP contribution in [0.25, 0.3) is 0 Å². The number of fused-ring (bicyclic) bond motifs is 1. The van der Waals surface area contributed by atoms with Crippen LogP contribution >= 0.6 is 35.7 Å². The molecule has 1 unspecified atom stereocenters. The second-order valence-corrected chi connectivity index (χ2v) is 5.22. The topological polar surface area (TPSA) is 12.4 Å². The van der Waals surface area contributed by atoms with Crippen molar-refractivity contribution in [3.05, 3.63) is 71.3 Å². The molecule has 0 radical (unpaired) electrons. The maximum atomic E-state index is 4.89. The number of aliphatic imine (C=N–C) groups is 1. The molecule has 1 heterocycles. The lowest BCUT2D eigenvalue weighted by Gasteiger charge is -2.22. The predicted molar refractivity (Wildman–Crippen MR) is 94.8 cm³/mol. The molecule has 98 valence electrons. The Labute approximate surface area is 135 Å². The van der Waals surface area contributed by atoms with Gasteiger partial charge in [0.05, 0.1) is 11.1 Å². The first-order valence-electron chi connectivity index (χ1n) is 6.13. The lowest BCUT2D eigenvalue weighted by atomic mass is 9.94. The molecule has 1 nitrogen and oxygen atoms in total. The van der Waals surface area contributed by atoms with Crippen molar-refractivity contribution in [3.63, 3.8) is 0 Å². The highest BCUT2D eigenvalue weighted by atomic mass is 127. The molecule has 0 N–H and O–H groups in total. The van der Waals surface area contributed by atoms with Crippen LogP contribution in [0.5, 0.6) is 0 Å². The van der Waals surface area contributed by atoms with Gasteiger partial charge in [-0.1, -0.05) is 54.6 Å². The summed E-state index contributed by atoms with van der Waals surface area (Å²) >= 11 is 1.74. The lowest BCUT2D eigenvalue weighted by molar-refractivity contribution is 0.715. The molecule has 0 aromatic heterocycles. The fourth-order valence-corrected chi connectivity index (χ4v) is 3.05. The van der Waals surface area contributed by atoms with Gasteiger partial charge in [0.25, 0.3) is 0 Å². The van der Waals surface area contributed by atoms with E-state index in [0.717, 1.165) is 11.5 Å². The van der Waals surface area contributed by atoms with Crippen molar-refractivity contribution in [3.8, 4) is 0 Å². The number of benzene rings is 2. The highest BCUT2D eigenvalue weighted by Crippen LogP contribution is 2.31. The molecule has 2 aromatic carbocycles. The van der Waals surface area contributed by atoms with Gasteiger partial charge in [-0.2, -0.15) is 0 Å². The molecule has 0 saturated carbocycles. The van der Waals surface area contributed by atoms with E-state index in [4.69, 9.17) is 4.99 Å². The first kappa shape index (κ1) is 14.6. The van der Waals surface area contributed by atoms with Gasteiger partial charge in [0.1, 0.15) is 0 Å². The maximum absolute atomic E-state index is 4.89. The van der Waals surface area contributed by atoms with E-state index < -0.39 is 0 Å². The second kappa shape index (κ2) is 6.57. The molecular formula is C16H16INS. The van der Waals surface area contributed by atoms with E-state index in [9.17, 15) is 0 Å². The van der Waals surface area contributed by atoms with Crippen LogP contribution in [-0.4, -0.2) is 11.3 Å². The predicted octanol–water partition coefficient (Wildman–Crippen LogP) is 4.71. The fourth-order valence-electron chi connectivity index (χ4n) is 2.40. The van der Waals surface area contributed by atoms with Crippen molar-refractivity contribution in [2.45, 2.75) is 12.5 Å². The molecule has 2 aromatic rings. The highest BCUT2D eigenvalue weighted by molar-refractivity contribution is 14.0. The molecule has 1 aliphatic rings. The molecule has 0 spiro atoms. The molecule has 1 atom stereocenters. The zero-order valence-electron chi connectivity index (χ0n) is 10.7. The molecule has 0 fully saturated rings. The van der Waals surface area contributed by atoms with Crippen molar-refractivity contribution in [1.82, 2.24) is 0 Å². The summed E-state index contributed by atoms with van der Waals surface area (Å²) in [5.74, 6) is 0. The molecule has 0 saturated heterocycles. The Hall–Kier alpha value is -0.810. The monoisotopic (exact) mass is 381 g/mol. The van der Waals surface area contributed by atoms with Gasteiger partial charge in [-0.3, -0.25) is 4.99 Å². The number of thioether (sulfide) groups is 1. The quantitative estimate of drug-likeness (QED) is 0.652. The normalized spacial score (nSPS) is 17.1. The molecule has 3 heteroatoms. The van der Waals surface area contributed by atoms with Gasteiger partial charge in [0.2, 0.25) is 0 Å². The third kappa shape index (κ3) is 3.03. The standard InChI is InChI=1S/C16H15NS.HI/c1-18-16-14-10-6-5-9-13(14)11-15(17-16)12-7-3-2-4-8-12;/h2-10,15H,11H2,1H3;1H. The number of hydrogen-bond donors (Lipinski definition) is 0. The van der Waals surface area contributed by atoms with E-state index in [-0.39, 0.29) is 30.0 Å². The van der Waals surface area contributed by atoms with Crippen molar-refractivity contribution in [2.75, 3.05) is 6.26 Å². The summed E-state index contributed by atoms with van der Waals surface area (Å²) < 4.78 is 0. The SMILES string of the molecule is CSC1=NC(c2ccccc2)Cc2ccccc21.I. The number of hydrogen-bond acceptors (Lipinski definition) is 2. The Bertz CT molecular complexity index is 580. The highest BCUT2D eigenvalue weighted by Gasteiger charge is 2.21. The molecular weight excluding hydrogens is 365 g/mol. The van der Waals surface area contributed by atoms with Crippen molar-refractivity contribution < 1.29 is 0 Å². The Morgan fingerprint density at radius 3 is 2.42 bits per heavy atom. The Kier molecular flexibility index (Phi) is 5.05. The molecule has 0 aliphatic carbocycles. The van der Waals surface area contributed by atoms with Crippen molar-refractivity contribution in [1.29, 1.82) is 0 Å². The second-order valence-electron chi connectivity index (χ2n) is 4.43. The van der Waals surface area contributed by atoms with Gasteiger partial charge in [-0.05, 0) is 23.8 Å². The molecule has 19 heavy (non-hydrogen) atoms. The molecule has 0 amide bonds. The third-order valence-corrected chi connectivity index (χ3v) is 4.02. The minimum Gasteiger partial charge on any atom is -0.269 e. The maximum Gasteiger partial charge on any atom is 0.0984 e. The average molecular weight is 381 g/mol. The van der Waals surface area contributed by atoms with Crippen LogP contribution in [0.3, 0.4) is 0 Å². The fraction of sp³-hybridized carbons (Fsp3) is 0.188. The third-order valence-electron chi connectivity index (χ3n) is 3.31. The van der Waals surface area contributed by atoms with E-state index in [1.165, 1.54) is 16.7 Å². The van der Waals surface area contributed by atoms with Gasteiger partial charge >= 0.3 is 0 Å². The molecule has 0 bridgehead atoms. The summed E-state index contributed by atoms with van der Waals surface area (Å²) in [6, 6.07) is 19.4. The van der Waals surface area contributed by atoms with Crippen LogP contribution in [-0.2, 0) is 6.42 Å². The van der Waals surface area contributed by atoms with Gasteiger partial charge in [-0.25, -0.2) is 0 Å². The molecule has 3 rings (SSSR count). The zero-order chi connectivity index (χ0) is 12.4. The summed E-state index contributed by atoms with van der Waals surface area (Å²) in [6.45, 7) is 0. The lowest BCUT2D eigenvalue weighted by Crippen LogP contribution is -2.13. The van der Waals surface area contributed by atoms with E-state index in [2.05, 4.69) is 60.9 Å². The summed E-state index contributed by atoms with van der Waals surface area (Å²) in [5, 5.41) is 1.16. The van der Waals surface area contributed by atoms with Crippen LogP contribution in [0.2, 0.25) is 0 Å². The van der Waals surface area contributed by atoms with Crippen LogP contribution in [0, 0.1) is 0 Å². The van der Waals surface area contributed by atoms with Crippen molar-refractivity contribution in [2.24, 2.45) is 4.99 Å². The van der Waals surface area contributed by atoms with E-state index in [1.807, 2.05) is 0 Å². The van der Waals surface area contributed by atoms with E-state index >= 15 is 0 Å². The van der Waals surface area contributed by atoms with Crippen LogP contribution in [0.15, 0.2) is 59.6 Å². The summed E-state index contributed by atoms with van der Waals surface area (Å²) in [7, 11) is 0. The zero-order valence-corrected chi connectivity index (χ0v) is 13.9. The van der Waals surface area contributed by atoms with E-state index in [0.29, 0.717) is 0 Å². The number of nitrogens with zero attached hydrogens (tertiary/aromatic N) is 1. The van der Waals surface area contributed by atoms with Crippen molar-refractivity contribution >= 4 is 40.8 Å². The van der Waals surface area contributed by atoms with Crippen LogP contribution in [0.1, 0.15) is 22.7 Å². The van der Waals surface area contributed by atoms with Gasteiger partial charge < -0.3 is 0 Å². The Morgan fingerprint density at radius 1 is 1.00 bits per heavy atom. The van der Waals surface area contributed by atoms with E-state index in [1.54, 1.807) is 11.8 Å². The summed E-state index contributed by atoms with van der Waals surface area (Å²) in [4.78, 5) is 4.89. The summed E-state index contributed by atoms with van der Waals surface area (Å²) in [6.07, 6.45) is 3.10. The number of rotatable bonds is 1. The minimum atomic E-state index is 0. The van der Waals surface area contributed by atoms with Crippen LogP contribution < -0.4 is 0 Å². The first-order valence-corrected chi connectivity index (χ1v) is 7.36. The Balaban J connectivity index is 0.00000133. The van der Waals surface area contributed by atoms with Gasteiger partial charge in [0, 0.05) is 5.56 Å². The van der Waals surface area contributed by atoms with Gasteiger partial charge in [0.15, 0.2) is 0 Å². The Morgan fingerprint density at radius 2 is 1.68 bits per heavy atom.